The van der Waals surface area contributed by atoms with E-state index in [1.165, 1.54) is 12.1 Å². The van der Waals surface area contributed by atoms with E-state index in [9.17, 15) is 4.39 Å². The summed E-state index contributed by atoms with van der Waals surface area (Å²) < 4.78 is 16.8. The fourth-order valence-electron chi connectivity index (χ4n) is 4.01. The zero-order valence-electron chi connectivity index (χ0n) is 16.3. The van der Waals surface area contributed by atoms with Crippen molar-refractivity contribution in [2.75, 3.05) is 4.90 Å². The molecule has 0 amide bonds. The van der Waals surface area contributed by atoms with Crippen molar-refractivity contribution in [2.24, 2.45) is 0 Å². The first-order valence-corrected chi connectivity index (χ1v) is 11.0. The lowest BCUT2D eigenvalue weighted by Crippen LogP contribution is -2.30. The molecule has 0 bridgehead atoms. The van der Waals surface area contributed by atoms with Crippen LogP contribution in [0, 0.1) is 5.82 Å². The lowest BCUT2D eigenvalue weighted by molar-refractivity contribution is 0.549. The third kappa shape index (κ3) is 3.75. The van der Waals surface area contributed by atoms with Crippen LogP contribution in [0.3, 0.4) is 0 Å². The summed E-state index contributed by atoms with van der Waals surface area (Å²) in [5, 5.41) is 4.02. The summed E-state index contributed by atoms with van der Waals surface area (Å²) in [5.74, 6) is -0.280. The van der Waals surface area contributed by atoms with E-state index in [0.29, 0.717) is 5.11 Å². The highest BCUT2D eigenvalue weighted by atomic mass is 79.9. The molecule has 2 atom stereocenters. The van der Waals surface area contributed by atoms with Crippen molar-refractivity contribution in [1.29, 1.82) is 0 Å². The van der Waals surface area contributed by atoms with E-state index in [0.717, 1.165) is 27.2 Å². The molecule has 1 saturated heterocycles. The number of hydrogen-bond acceptors (Lipinski definition) is 2. The summed E-state index contributed by atoms with van der Waals surface area (Å²) in [4.78, 5) is 6.63. The van der Waals surface area contributed by atoms with Gasteiger partial charge < -0.3 is 14.8 Å². The molecule has 0 aliphatic carbocycles. The number of thiocarbonyl (C=S) groups is 1. The second kappa shape index (κ2) is 8.24. The Balaban J connectivity index is 1.66. The van der Waals surface area contributed by atoms with Gasteiger partial charge >= 0.3 is 0 Å². The number of nitrogens with zero attached hydrogens (tertiary/aromatic N) is 3. The first kappa shape index (κ1) is 19.9. The molecule has 5 rings (SSSR count). The molecule has 4 nitrogen and oxygen atoms in total. The van der Waals surface area contributed by atoms with E-state index in [4.69, 9.17) is 12.2 Å². The van der Waals surface area contributed by atoms with Crippen LogP contribution in [-0.4, -0.2) is 14.7 Å². The summed E-state index contributed by atoms with van der Waals surface area (Å²) in [6.07, 6.45) is 3.82. The monoisotopic (exact) mass is 492 g/mol. The highest BCUT2D eigenvalue weighted by molar-refractivity contribution is 9.10. The first-order valence-electron chi connectivity index (χ1n) is 9.81. The standard InChI is InChI=1S/C24H18BrFN4S/c25-16-6-10-18(11-7-16)29-15-3-5-21(29)23-22(20-4-1-2-14-27-20)28-24(31)30(23)19-12-8-17(26)9-13-19/h1-15,22-23H,(H,28,31)/t22-,23+/m1/s1. The Bertz CT molecular complexity index is 1210. The van der Waals surface area contributed by atoms with Crippen LogP contribution in [0.2, 0.25) is 0 Å². The quantitative estimate of drug-likeness (QED) is 0.356. The van der Waals surface area contributed by atoms with Crippen LogP contribution in [0.25, 0.3) is 5.69 Å². The minimum Gasteiger partial charge on any atom is -0.351 e. The number of aromatic nitrogens is 2. The molecule has 0 spiro atoms. The summed E-state index contributed by atoms with van der Waals surface area (Å²) in [6, 6.07) is 24.2. The third-order valence-corrected chi connectivity index (χ3v) is 6.23. The molecule has 154 valence electrons. The van der Waals surface area contributed by atoms with E-state index in [-0.39, 0.29) is 17.9 Å². The summed E-state index contributed by atoms with van der Waals surface area (Å²) >= 11 is 9.24. The van der Waals surface area contributed by atoms with E-state index in [2.05, 4.69) is 49.0 Å². The number of anilines is 1. The molecule has 2 aromatic heterocycles. The Hall–Kier alpha value is -3.03. The van der Waals surface area contributed by atoms with Crippen LogP contribution < -0.4 is 10.2 Å². The summed E-state index contributed by atoms with van der Waals surface area (Å²) in [5.41, 5.74) is 3.81. The molecule has 1 aliphatic rings. The van der Waals surface area contributed by atoms with Crippen molar-refractivity contribution >= 4 is 38.9 Å². The zero-order chi connectivity index (χ0) is 21.4. The summed E-state index contributed by atoms with van der Waals surface area (Å²) in [6.45, 7) is 0. The number of benzene rings is 2. The van der Waals surface area contributed by atoms with Crippen molar-refractivity contribution < 1.29 is 4.39 Å². The predicted molar refractivity (Wildman–Crippen MR) is 128 cm³/mol. The SMILES string of the molecule is Fc1ccc(N2C(=S)N[C@H](c3ccccn3)[C@@H]2c2cccn2-c2ccc(Br)cc2)cc1. The normalized spacial score (nSPS) is 18.3. The van der Waals surface area contributed by atoms with E-state index < -0.39 is 0 Å². The smallest absolute Gasteiger partial charge is 0.174 e. The lowest BCUT2D eigenvalue weighted by Gasteiger charge is -2.29. The molecule has 31 heavy (non-hydrogen) atoms. The highest BCUT2D eigenvalue weighted by Crippen LogP contribution is 2.42. The fourth-order valence-corrected chi connectivity index (χ4v) is 4.62. The first-order chi connectivity index (χ1) is 15.1. The van der Waals surface area contributed by atoms with Crippen molar-refractivity contribution in [3.63, 3.8) is 0 Å². The van der Waals surface area contributed by atoms with E-state index >= 15 is 0 Å². The molecular formula is C24H18BrFN4S. The molecule has 1 N–H and O–H groups in total. The summed E-state index contributed by atoms with van der Waals surface area (Å²) in [7, 11) is 0. The van der Waals surface area contributed by atoms with Gasteiger partial charge in [-0.25, -0.2) is 4.39 Å². The molecule has 0 saturated carbocycles. The van der Waals surface area contributed by atoms with Gasteiger partial charge in [0.2, 0.25) is 0 Å². The van der Waals surface area contributed by atoms with Gasteiger partial charge in [-0.3, -0.25) is 4.98 Å². The molecule has 0 unspecified atom stereocenters. The number of pyridine rings is 1. The van der Waals surface area contributed by atoms with E-state index in [1.54, 1.807) is 18.3 Å². The molecule has 4 aromatic rings. The van der Waals surface area contributed by atoms with Gasteiger partial charge in [-0.1, -0.05) is 22.0 Å². The molecule has 1 fully saturated rings. The van der Waals surface area contributed by atoms with Gasteiger partial charge in [0.25, 0.3) is 0 Å². The third-order valence-electron chi connectivity index (χ3n) is 5.39. The average Bonchev–Trinajstić information content (AvgIpc) is 3.40. The van der Waals surface area contributed by atoms with Crippen LogP contribution in [0.15, 0.2) is 95.7 Å². The molecule has 1 aliphatic heterocycles. The molecular weight excluding hydrogens is 475 g/mol. The van der Waals surface area contributed by atoms with Crippen molar-refractivity contribution in [1.82, 2.24) is 14.9 Å². The topological polar surface area (TPSA) is 33.1 Å². The number of nitrogens with one attached hydrogen (secondary N) is 1. The largest absolute Gasteiger partial charge is 0.351 e. The van der Waals surface area contributed by atoms with Gasteiger partial charge in [-0.2, -0.15) is 0 Å². The molecule has 7 heteroatoms. The number of halogens is 2. The van der Waals surface area contributed by atoms with Crippen molar-refractivity contribution in [2.45, 2.75) is 12.1 Å². The minimum absolute atomic E-state index is 0.164. The highest BCUT2D eigenvalue weighted by Gasteiger charge is 2.42. The average molecular weight is 493 g/mol. The molecule has 2 aromatic carbocycles. The van der Waals surface area contributed by atoms with Crippen LogP contribution in [-0.2, 0) is 0 Å². The van der Waals surface area contributed by atoms with Crippen molar-refractivity contribution in [3.8, 4) is 5.69 Å². The lowest BCUT2D eigenvalue weighted by atomic mass is 10.0. The van der Waals surface area contributed by atoms with Crippen molar-refractivity contribution in [3.05, 3.63) is 113 Å². The Kier molecular flexibility index (Phi) is 5.29. The Morgan fingerprint density at radius 1 is 0.903 bits per heavy atom. The zero-order valence-corrected chi connectivity index (χ0v) is 18.7. The second-order valence-corrected chi connectivity index (χ2v) is 8.55. The molecule has 3 heterocycles. The van der Waals surface area contributed by atoms with Crippen LogP contribution in [0.1, 0.15) is 23.5 Å². The Labute approximate surface area is 193 Å². The van der Waals surface area contributed by atoms with Crippen LogP contribution >= 0.6 is 28.1 Å². The fraction of sp³-hybridized carbons (Fsp3) is 0.0833. The second-order valence-electron chi connectivity index (χ2n) is 7.25. The Morgan fingerprint density at radius 2 is 1.65 bits per heavy atom. The van der Waals surface area contributed by atoms with Gasteiger partial charge in [-0.15, -0.1) is 0 Å². The maximum atomic E-state index is 13.6. The van der Waals surface area contributed by atoms with Gasteiger partial charge in [0, 0.05) is 33.9 Å². The van der Waals surface area contributed by atoms with Crippen LogP contribution in [0.4, 0.5) is 10.1 Å². The number of hydrogen-bond donors (Lipinski definition) is 1. The van der Waals surface area contributed by atoms with Gasteiger partial charge in [0.05, 0.1) is 11.7 Å². The predicted octanol–water partition coefficient (Wildman–Crippen LogP) is 5.95. The van der Waals surface area contributed by atoms with E-state index in [1.807, 2.05) is 47.5 Å². The molecule has 0 radical (unpaired) electrons. The maximum Gasteiger partial charge on any atom is 0.174 e. The van der Waals surface area contributed by atoms with Gasteiger partial charge in [0.1, 0.15) is 11.9 Å². The van der Waals surface area contributed by atoms with Gasteiger partial charge in [-0.05, 0) is 85.0 Å². The van der Waals surface area contributed by atoms with Crippen LogP contribution in [0.5, 0.6) is 0 Å². The Morgan fingerprint density at radius 3 is 2.35 bits per heavy atom. The van der Waals surface area contributed by atoms with Gasteiger partial charge in [0.15, 0.2) is 5.11 Å². The minimum atomic E-state index is -0.280. The number of rotatable bonds is 4. The maximum absolute atomic E-state index is 13.6.